The Morgan fingerprint density at radius 3 is 2.60 bits per heavy atom. The summed E-state index contributed by atoms with van der Waals surface area (Å²) in [4.78, 5) is 35.1. The van der Waals surface area contributed by atoms with Gasteiger partial charge >= 0.3 is 0 Å². The molecule has 20 heavy (non-hydrogen) atoms. The summed E-state index contributed by atoms with van der Waals surface area (Å²) in [5.41, 5.74) is 2.44. The Kier molecular flexibility index (Phi) is 4.59. The second kappa shape index (κ2) is 6.40. The van der Waals surface area contributed by atoms with Crippen LogP contribution in [0.2, 0.25) is 0 Å². The van der Waals surface area contributed by atoms with E-state index in [1.165, 1.54) is 4.90 Å². The van der Waals surface area contributed by atoms with E-state index in [0.29, 0.717) is 11.3 Å². The van der Waals surface area contributed by atoms with Crippen molar-refractivity contribution in [2.75, 3.05) is 18.9 Å². The largest absolute Gasteiger partial charge is 0.492 e. The number of nitrogens with zero attached hydrogens (tertiary/aromatic N) is 1. The lowest BCUT2D eigenvalue weighted by Crippen LogP contribution is -2.32. The topological polar surface area (TPSA) is 102 Å². The molecule has 1 saturated heterocycles. The van der Waals surface area contributed by atoms with E-state index in [9.17, 15) is 14.4 Å². The number of carbonyl (C=O) groups is 3. The average Bonchev–Trinajstić information content (AvgIpc) is 2.79. The maximum absolute atomic E-state index is 11.4. The molecular formula is C12H13N3O4S. The number of thioether (sulfide) groups is 1. The SMILES string of the molecule is NNC(=O)c1ccc(OCCN2C(=O)CSC2=O)cc1. The lowest BCUT2D eigenvalue weighted by molar-refractivity contribution is -0.124. The van der Waals surface area contributed by atoms with Gasteiger partial charge in [-0.25, -0.2) is 5.84 Å². The molecule has 2 rings (SSSR count). The predicted octanol–water partition coefficient (Wildman–Crippen LogP) is 0.364. The van der Waals surface area contributed by atoms with Gasteiger partial charge in [0.05, 0.1) is 12.3 Å². The number of hydrazine groups is 1. The van der Waals surface area contributed by atoms with Crippen LogP contribution in [0.4, 0.5) is 4.79 Å². The first kappa shape index (κ1) is 14.4. The van der Waals surface area contributed by atoms with Crippen LogP contribution < -0.4 is 16.0 Å². The number of imide groups is 1. The molecule has 0 saturated carbocycles. The van der Waals surface area contributed by atoms with Gasteiger partial charge in [0.1, 0.15) is 12.4 Å². The Hall–Kier alpha value is -2.06. The number of rotatable bonds is 5. The van der Waals surface area contributed by atoms with Crippen molar-refractivity contribution in [3.05, 3.63) is 29.8 Å². The van der Waals surface area contributed by atoms with E-state index in [2.05, 4.69) is 0 Å². The monoisotopic (exact) mass is 295 g/mol. The first-order valence-corrected chi connectivity index (χ1v) is 6.81. The number of nitrogens with one attached hydrogen (secondary N) is 1. The van der Waals surface area contributed by atoms with E-state index in [4.69, 9.17) is 10.6 Å². The van der Waals surface area contributed by atoms with Crippen molar-refractivity contribution in [3.8, 4) is 5.75 Å². The summed E-state index contributed by atoms with van der Waals surface area (Å²) in [7, 11) is 0. The van der Waals surface area contributed by atoms with Gasteiger partial charge in [0.2, 0.25) is 5.91 Å². The van der Waals surface area contributed by atoms with Crippen LogP contribution in [0.15, 0.2) is 24.3 Å². The predicted molar refractivity (Wildman–Crippen MR) is 73.2 cm³/mol. The zero-order valence-electron chi connectivity index (χ0n) is 10.5. The smallest absolute Gasteiger partial charge is 0.288 e. The average molecular weight is 295 g/mol. The highest BCUT2D eigenvalue weighted by atomic mass is 32.2. The van der Waals surface area contributed by atoms with Gasteiger partial charge < -0.3 is 4.74 Å². The zero-order valence-corrected chi connectivity index (χ0v) is 11.3. The van der Waals surface area contributed by atoms with Crippen LogP contribution in [0.25, 0.3) is 0 Å². The van der Waals surface area contributed by atoms with Gasteiger partial charge in [-0.05, 0) is 24.3 Å². The van der Waals surface area contributed by atoms with Crippen LogP contribution in [0.3, 0.4) is 0 Å². The molecule has 0 aliphatic carbocycles. The van der Waals surface area contributed by atoms with E-state index in [1.807, 2.05) is 5.43 Å². The van der Waals surface area contributed by atoms with Crippen molar-refractivity contribution in [1.29, 1.82) is 0 Å². The number of nitrogens with two attached hydrogens (primary N) is 1. The standard InChI is InChI=1S/C12H13N3O4S/c13-14-11(17)8-1-3-9(4-2-8)19-6-5-15-10(16)7-20-12(15)18/h1-4H,5-7,13H2,(H,14,17). The molecule has 0 atom stereocenters. The van der Waals surface area contributed by atoms with Crippen LogP contribution in [0.1, 0.15) is 10.4 Å². The van der Waals surface area contributed by atoms with Gasteiger partial charge in [0.15, 0.2) is 0 Å². The summed E-state index contributed by atoms with van der Waals surface area (Å²) in [5, 5.41) is -0.242. The number of nitrogen functional groups attached to an aromatic ring is 1. The summed E-state index contributed by atoms with van der Waals surface area (Å²) in [6.07, 6.45) is 0. The van der Waals surface area contributed by atoms with Gasteiger partial charge in [-0.15, -0.1) is 0 Å². The van der Waals surface area contributed by atoms with Gasteiger partial charge in [-0.3, -0.25) is 24.7 Å². The molecule has 0 spiro atoms. The van der Waals surface area contributed by atoms with Crippen LogP contribution >= 0.6 is 11.8 Å². The molecule has 106 valence electrons. The van der Waals surface area contributed by atoms with E-state index in [-0.39, 0.29) is 36.0 Å². The minimum absolute atomic E-state index is 0.196. The third-order valence-electron chi connectivity index (χ3n) is 2.67. The third kappa shape index (κ3) is 3.28. The molecule has 0 aromatic heterocycles. The molecule has 7 nitrogen and oxygen atoms in total. The maximum atomic E-state index is 11.4. The normalized spacial score (nSPS) is 14.6. The van der Waals surface area contributed by atoms with Crippen LogP contribution in [0, 0.1) is 0 Å². The molecule has 1 aliphatic rings. The molecule has 8 heteroatoms. The Morgan fingerprint density at radius 1 is 1.35 bits per heavy atom. The molecule has 1 fully saturated rings. The van der Waals surface area contributed by atoms with Crippen molar-refractivity contribution >= 4 is 28.8 Å². The van der Waals surface area contributed by atoms with Crippen molar-refractivity contribution < 1.29 is 19.1 Å². The Labute approximate surface area is 119 Å². The van der Waals surface area contributed by atoms with Crippen molar-refractivity contribution in [2.45, 2.75) is 0 Å². The molecule has 0 bridgehead atoms. The second-order valence-corrected chi connectivity index (χ2v) is 4.87. The van der Waals surface area contributed by atoms with Gasteiger partial charge in [0.25, 0.3) is 11.1 Å². The summed E-state index contributed by atoms with van der Waals surface area (Å²) in [5.74, 6) is 5.18. The summed E-state index contributed by atoms with van der Waals surface area (Å²) in [6.45, 7) is 0.427. The van der Waals surface area contributed by atoms with Crippen LogP contribution in [-0.4, -0.2) is 40.9 Å². The lowest BCUT2D eigenvalue weighted by atomic mass is 10.2. The molecule has 3 amide bonds. The highest BCUT2D eigenvalue weighted by Gasteiger charge is 2.29. The third-order valence-corrected chi connectivity index (χ3v) is 3.53. The summed E-state index contributed by atoms with van der Waals surface area (Å²) in [6, 6.07) is 6.37. The number of hydrogen-bond acceptors (Lipinski definition) is 6. The van der Waals surface area contributed by atoms with Crippen LogP contribution in [0.5, 0.6) is 5.75 Å². The number of carbonyl (C=O) groups excluding carboxylic acids is 3. The Morgan fingerprint density at radius 2 is 2.05 bits per heavy atom. The minimum atomic E-state index is -0.387. The highest BCUT2D eigenvalue weighted by Crippen LogP contribution is 2.18. The zero-order chi connectivity index (χ0) is 14.5. The number of ether oxygens (including phenoxy) is 1. The van der Waals surface area contributed by atoms with Gasteiger partial charge in [-0.2, -0.15) is 0 Å². The van der Waals surface area contributed by atoms with E-state index in [1.54, 1.807) is 24.3 Å². The molecule has 1 aromatic carbocycles. The second-order valence-electron chi connectivity index (χ2n) is 3.95. The fourth-order valence-corrected chi connectivity index (χ4v) is 2.39. The molecule has 3 N–H and O–H groups in total. The Balaban J connectivity index is 1.84. The number of benzene rings is 1. The molecule has 1 aromatic rings. The first-order valence-electron chi connectivity index (χ1n) is 5.83. The number of hydrogen-bond donors (Lipinski definition) is 2. The highest BCUT2D eigenvalue weighted by molar-refractivity contribution is 8.14. The van der Waals surface area contributed by atoms with Gasteiger partial charge in [0, 0.05) is 5.56 Å². The van der Waals surface area contributed by atoms with E-state index >= 15 is 0 Å². The summed E-state index contributed by atoms with van der Waals surface area (Å²) >= 11 is 0.993. The minimum Gasteiger partial charge on any atom is -0.492 e. The fraction of sp³-hybridized carbons (Fsp3) is 0.250. The van der Waals surface area contributed by atoms with Crippen molar-refractivity contribution in [3.63, 3.8) is 0 Å². The van der Waals surface area contributed by atoms with Crippen molar-refractivity contribution in [2.24, 2.45) is 5.84 Å². The lowest BCUT2D eigenvalue weighted by Gasteiger charge is -2.13. The summed E-state index contributed by atoms with van der Waals surface area (Å²) < 4.78 is 5.41. The molecule has 0 radical (unpaired) electrons. The first-order chi connectivity index (χ1) is 9.61. The van der Waals surface area contributed by atoms with E-state index < -0.39 is 0 Å². The van der Waals surface area contributed by atoms with Crippen molar-refractivity contribution in [1.82, 2.24) is 10.3 Å². The molecular weight excluding hydrogens is 282 g/mol. The fourth-order valence-electron chi connectivity index (χ4n) is 1.64. The maximum Gasteiger partial charge on any atom is 0.288 e. The van der Waals surface area contributed by atoms with Gasteiger partial charge in [-0.1, -0.05) is 11.8 Å². The number of amides is 3. The molecule has 0 unspecified atom stereocenters. The Bertz CT molecular complexity index is 516. The van der Waals surface area contributed by atoms with E-state index in [0.717, 1.165) is 11.8 Å². The molecule has 1 aliphatic heterocycles. The quantitative estimate of drug-likeness (QED) is 0.462. The van der Waals surface area contributed by atoms with Crippen LogP contribution in [-0.2, 0) is 4.79 Å². The molecule has 1 heterocycles.